The van der Waals surface area contributed by atoms with Crippen molar-refractivity contribution in [3.63, 3.8) is 0 Å². The van der Waals surface area contributed by atoms with Gasteiger partial charge in [0.05, 0.1) is 6.61 Å². The summed E-state index contributed by atoms with van der Waals surface area (Å²) in [4.78, 5) is 0. The highest BCUT2D eigenvalue weighted by atomic mass is 16.5. The van der Waals surface area contributed by atoms with Gasteiger partial charge < -0.3 is 15.6 Å². The normalized spacial score (nSPS) is 29.2. The lowest BCUT2D eigenvalue weighted by atomic mass is 9.80. The van der Waals surface area contributed by atoms with Crippen LogP contribution in [0.5, 0.6) is 0 Å². The van der Waals surface area contributed by atoms with Crippen LogP contribution in [0.2, 0.25) is 0 Å². The summed E-state index contributed by atoms with van der Waals surface area (Å²) in [6.07, 6.45) is 7.81. The predicted octanol–water partition coefficient (Wildman–Crippen LogP) is 3.81. The Balaban J connectivity index is 1.55. The van der Waals surface area contributed by atoms with Crippen LogP contribution in [0.1, 0.15) is 68.6 Å². The van der Waals surface area contributed by atoms with Gasteiger partial charge >= 0.3 is 0 Å². The predicted molar refractivity (Wildman–Crippen MR) is 103 cm³/mol. The van der Waals surface area contributed by atoms with Gasteiger partial charge in [-0.1, -0.05) is 32.0 Å². The lowest BCUT2D eigenvalue weighted by Crippen LogP contribution is -2.40. The number of aryl methyl sites for hydroxylation is 1. The van der Waals surface area contributed by atoms with E-state index >= 15 is 0 Å². The SMILES string of the molecule is CC(C)COCC[C@@H]1CCc2cc([C@H]3CC[C@](N)(CO)C3)ccc2C1. The fourth-order valence-corrected chi connectivity index (χ4v) is 4.50. The molecule has 3 nitrogen and oxygen atoms in total. The van der Waals surface area contributed by atoms with Crippen molar-refractivity contribution in [2.45, 2.75) is 70.3 Å². The number of fused-ring (bicyclic) bond motifs is 1. The number of hydrogen-bond donors (Lipinski definition) is 2. The molecule has 1 saturated carbocycles. The Labute approximate surface area is 153 Å². The highest BCUT2D eigenvalue weighted by Gasteiger charge is 2.36. The monoisotopic (exact) mass is 345 g/mol. The first-order valence-corrected chi connectivity index (χ1v) is 10.1. The van der Waals surface area contributed by atoms with E-state index in [1.807, 2.05) is 0 Å². The van der Waals surface area contributed by atoms with E-state index in [0.717, 1.165) is 38.4 Å². The molecule has 0 amide bonds. The van der Waals surface area contributed by atoms with Gasteiger partial charge in [-0.15, -0.1) is 0 Å². The molecule has 0 spiro atoms. The molecule has 0 unspecified atom stereocenters. The highest BCUT2D eigenvalue weighted by Crippen LogP contribution is 2.40. The second-order valence-electron chi connectivity index (χ2n) is 8.85. The molecule has 3 rings (SSSR count). The van der Waals surface area contributed by atoms with Gasteiger partial charge in [0.1, 0.15) is 0 Å². The van der Waals surface area contributed by atoms with E-state index < -0.39 is 0 Å². The maximum absolute atomic E-state index is 9.49. The molecule has 0 aliphatic heterocycles. The lowest BCUT2D eigenvalue weighted by Gasteiger charge is -2.26. The largest absolute Gasteiger partial charge is 0.394 e. The number of nitrogens with two attached hydrogens (primary N) is 1. The zero-order chi connectivity index (χ0) is 17.9. The summed E-state index contributed by atoms with van der Waals surface area (Å²) in [6.45, 7) is 6.29. The summed E-state index contributed by atoms with van der Waals surface area (Å²) in [5.74, 6) is 1.91. The molecule has 0 aromatic heterocycles. The Hall–Kier alpha value is -0.900. The molecule has 25 heavy (non-hydrogen) atoms. The molecule has 1 fully saturated rings. The number of benzene rings is 1. The molecule has 2 aliphatic carbocycles. The van der Waals surface area contributed by atoms with E-state index in [1.54, 1.807) is 0 Å². The molecule has 3 atom stereocenters. The molecule has 2 aliphatic rings. The van der Waals surface area contributed by atoms with E-state index in [4.69, 9.17) is 10.5 Å². The summed E-state index contributed by atoms with van der Waals surface area (Å²) >= 11 is 0. The summed E-state index contributed by atoms with van der Waals surface area (Å²) in [5.41, 5.74) is 10.4. The van der Waals surface area contributed by atoms with Crippen LogP contribution in [0.4, 0.5) is 0 Å². The zero-order valence-electron chi connectivity index (χ0n) is 16.0. The average molecular weight is 346 g/mol. The molecule has 0 saturated heterocycles. The van der Waals surface area contributed by atoms with Crippen LogP contribution in [0, 0.1) is 11.8 Å². The summed E-state index contributed by atoms with van der Waals surface area (Å²) < 4.78 is 5.77. The Kier molecular flexibility index (Phi) is 6.19. The van der Waals surface area contributed by atoms with Gasteiger partial charge in [-0.2, -0.15) is 0 Å². The smallest absolute Gasteiger partial charge is 0.0611 e. The van der Waals surface area contributed by atoms with Gasteiger partial charge in [-0.3, -0.25) is 0 Å². The lowest BCUT2D eigenvalue weighted by molar-refractivity contribution is 0.0962. The molecule has 140 valence electrons. The molecular weight excluding hydrogens is 310 g/mol. The molecule has 3 N–H and O–H groups in total. The van der Waals surface area contributed by atoms with Crippen LogP contribution in [0.3, 0.4) is 0 Å². The molecule has 0 radical (unpaired) electrons. The number of ether oxygens (including phenoxy) is 1. The third-order valence-electron chi connectivity index (χ3n) is 6.11. The topological polar surface area (TPSA) is 55.5 Å². The van der Waals surface area contributed by atoms with E-state index in [2.05, 4.69) is 32.0 Å². The fourth-order valence-electron chi connectivity index (χ4n) is 4.50. The van der Waals surface area contributed by atoms with Crippen molar-refractivity contribution in [1.82, 2.24) is 0 Å². The highest BCUT2D eigenvalue weighted by molar-refractivity contribution is 5.36. The minimum Gasteiger partial charge on any atom is -0.394 e. The van der Waals surface area contributed by atoms with Crippen LogP contribution < -0.4 is 5.73 Å². The molecular formula is C22H35NO2. The van der Waals surface area contributed by atoms with Crippen molar-refractivity contribution in [3.05, 3.63) is 34.9 Å². The second-order valence-corrected chi connectivity index (χ2v) is 8.85. The summed E-state index contributed by atoms with van der Waals surface area (Å²) in [7, 11) is 0. The van der Waals surface area contributed by atoms with Crippen LogP contribution in [-0.2, 0) is 17.6 Å². The molecule has 1 aromatic carbocycles. The maximum atomic E-state index is 9.49. The van der Waals surface area contributed by atoms with Gasteiger partial charge in [-0.25, -0.2) is 0 Å². The van der Waals surface area contributed by atoms with Crippen LogP contribution in [0.15, 0.2) is 18.2 Å². The van der Waals surface area contributed by atoms with E-state index in [-0.39, 0.29) is 12.1 Å². The van der Waals surface area contributed by atoms with Crippen molar-refractivity contribution in [2.24, 2.45) is 17.6 Å². The van der Waals surface area contributed by atoms with Crippen LogP contribution >= 0.6 is 0 Å². The van der Waals surface area contributed by atoms with Crippen molar-refractivity contribution < 1.29 is 9.84 Å². The second kappa shape index (κ2) is 8.20. The van der Waals surface area contributed by atoms with E-state index in [0.29, 0.717) is 11.8 Å². The quantitative estimate of drug-likeness (QED) is 0.739. The first kappa shape index (κ1) is 18.9. The van der Waals surface area contributed by atoms with E-state index in [9.17, 15) is 5.11 Å². The first-order valence-electron chi connectivity index (χ1n) is 10.1. The van der Waals surface area contributed by atoms with Crippen molar-refractivity contribution >= 4 is 0 Å². The van der Waals surface area contributed by atoms with E-state index in [1.165, 1.54) is 42.4 Å². The van der Waals surface area contributed by atoms with Crippen LogP contribution in [0.25, 0.3) is 0 Å². The van der Waals surface area contributed by atoms with Gasteiger partial charge in [0.15, 0.2) is 0 Å². The minimum atomic E-state index is -0.359. The number of rotatable bonds is 7. The fraction of sp³-hybridized carbons (Fsp3) is 0.727. The zero-order valence-corrected chi connectivity index (χ0v) is 16.0. The van der Waals surface area contributed by atoms with Crippen molar-refractivity contribution in [1.29, 1.82) is 0 Å². The number of aliphatic hydroxyl groups excluding tert-OH is 1. The number of hydrogen-bond acceptors (Lipinski definition) is 3. The van der Waals surface area contributed by atoms with Gasteiger partial charge in [-0.05, 0) is 79.4 Å². The first-order chi connectivity index (χ1) is 12.0. The minimum absolute atomic E-state index is 0.106. The van der Waals surface area contributed by atoms with Crippen molar-refractivity contribution in [3.8, 4) is 0 Å². The summed E-state index contributed by atoms with van der Waals surface area (Å²) in [5, 5.41) is 9.49. The molecule has 3 heteroatoms. The Morgan fingerprint density at radius 3 is 2.84 bits per heavy atom. The Bertz CT molecular complexity index is 571. The third kappa shape index (κ3) is 4.84. The average Bonchev–Trinajstić information content (AvgIpc) is 3.01. The summed E-state index contributed by atoms with van der Waals surface area (Å²) in [6, 6.07) is 7.08. The van der Waals surface area contributed by atoms with Crippen molar-refractivity contribution in [2.75, 3.05) is 19.8 Å². The van der Waals surface area contributed by atoms with Gasteiger partial charge in [0, 0.05) is 18.8 Å². The Morgan fingerprint density at radius 2 is 2.12 bits per heavy atom. The van der Waals surface area contributed by atoms with Crippen LogP contribution in [-0.4, -0.2) is 30.5 Å². The number of aliphatic hydroxyl groups is 1. The Morgan fingerprint density at radius 1 is 1.28 bits per heavy atom. The molecule has 1 aromatic rings. The third-order valence-corrected chi connectivity index (χ3v) is 6.11. The van der Waals surface area contributed by atoms with Gasteiger partial charge in [0.2, 0.25) is 0 Å². The maximum Gasteiger partial charge on any atom is 0.0611 e. The van der Waals surface area contributed by atoms with Gasteiger partial charge in [0.25, 0.3) is 0 Å². The molecule has 0 bridgehead atoms. The molecule has 0 heterocycles. The standard InChI is InChI=1S/C22H35NO2/c1-16(2)14-25-10-8-17-3-4-19-12-20(6-5-18(19)11-17)21-7-9-22(23,13-21)15-24/h5-6,12,16-17,21,24H,3-4,7-11,13-15,23H2,1-2H3/t17-,21-,22+/m0/s1.